The van der Waals surface area contributed by atoms with Gasteiger partial charge in [-0.3, -0.25) is 57.3 Å². The molecule has 0 saturated heterocycles. The first kappa shape index (κ1) is 97.1. The summed E-state index contributed by atoms with van der Waals surface area (Å²) in [7, 11) is 0. The monoisotopic (exact) mass is 1750 g/mol. The summed E-state index contributed by atoms with van der Waals surface area (Å²) in [5.41, 5.74) is 26.9. The second kappa shape index (κ2) is 54.8. The topological polar surface area (TPSA) is 555 Å². The molecule has 0 amide bonds. The van der Waals surface area contributed by atoms with E-state index in [-0.39, 0.29) is 157 Å². The van der Waals surface area contributed by atoms with Gasteiger partial charge in [0.05, 0.1) is 154 Å². The minimum atomic E-state index is -0.917. The van der Waals surface area contributed by atoms with Gasteiger partial charge in [0.1, 0.15) is 58.9 Å². The fraction of sp³-hybridized carbons (Fsp3) is 0.524. The first-order valence-electron chi connectivity index (χ1n) is 41.7. The van der Waals surface area contributed by atoms with Crippen LogP contribution in [0.25, 0.3) is 0 Å². The van der Waals surface area contributed by atoms with E-state index in [4.69, 9.17) is 90.7 Å². The molecule has 3 aromatic carbocycles. The summed E-state index contributed by atoms with van der Waals surface area (Å²) in [6.45, 7) is 6.30. The molecule has 0 bridgehead atoms. The number of aliphatic carboxylic acids is 4. The lowest BCUT2D eigenvalue weighted by molar-refractivity contribution is -0.138. The van der Waals surface area contributed by atoms with E-state index in [1.165, 1.54) is 0 Å². The fourth-order valence-corrected chi connectivity index (χ4v) is 12.5. The molecule has 0 atom stereocenters. The second-order valence-electron chi connectivity index (χ2n) is 30.3. The van der Waals surface area contributed by atoms with Crippen LogP contribution in [0, 0.1) is 34.5 Å². The van der Waals surface area contributed by atoms with Crippen molar-refractivity contribution in [2.75, 3.05) is 79.2 Å². The van der Waals surface area contributed by atoms with Gasteiger partial charge in [-0.05, 0) is 125 Å². The molecule has 9 rings (SSSR count). The van der Waals surface area contributed by atoms with Gasteiger partial charge in [0.15, 0.2) is 11.9 Å². The largest absolute Gasteiger partial charge is 0.481 e. The van der Waals surface area contributed by atoms with Gasteiger partial charge in [-0.2, -0.15) is 0 Å². The van der Waals surface area contributed by atoms with E-state index in [1.807, 2.05) is 79.1 Å². The number of benzene rings is 3. The van der Waals surface area contributed by atoms with Crippen LogP contribution in [0.5, 0.6) is 11.5 Å². The third-order valence-corrected chi connectivity index (χ3v) is 18.9. The molecule has 9 aromatic rings. The normalized spacial score (nSPS) is 11.4. The zero-order valence-corrected chi connectivity index (χ0v) is 70.8. The number of unbranched alkanes of at least 4 members (excludes halogenated alkanes) is 6. The Morgan fingerprint density at radius 3 is 0.825 bits per heavy atom. The number of carbonyl (C=O) groups is 4. The number of guanidine groups is 2. The molecule has 12 N–H and O–H groups in total. The predicted molar refractivity (Wildman–Crippen MR) is 452 cm³/mol. The number of hydrogen-bond acceptors (Lipinski definition) is 28. The Hall–Kier alpha value is -12.7. The zero-order chi connectivity index (χ0) is 89.1. The lowest BCUT2D eigenvalue weighted by Gasteiger charge is -2.32. The Labute approximate surface area is 728 Å². The standard InChI is InChI=1S/C84H114N24O18/c85-81(86)89-32-5-11-38-107-47-73(95-101-107)55-123-63-83(59-119-51-69-43-103(97-91-69)34-7-1-20-77(109)110,60-120-52-70-44-104(98-92-70)35-8-2-21-78(111)112)57-117-49-67-28-24-65(25-29-67)16-14-40-125-75-18-13-19-76(42-75)126-41-15-17-66-26-30-68(31-27-66)50-118-58-84(61-121-53-71-45-105(99-93-71)36-9-3-22-79(113)114,62-122-54-72-46-106(100-94-72)37-10-4-23-80(115)116)64-124-56-74-48-108(102-96-74)39-12-6-33-90-82(87)88/h13,18-19,24-31,42-48H,1-12,20-23,32-41,49-64H2,(H,109,110)(H,111,112)(H,113,114)(H,115,116)(H4,85,86,89)(H4,87,88,90). The van der Waals surface area contributed by atoms with Crippen molar-refractivity contribution in [3.05, 3.63) is 166 Å². The van der Waals surface area contributed by atoms with Crippen LogP contribution < -0.4 is 32.4 Å². The molecule has 42 heteroatoms. The van der Waals surface area contributed by atoms with Crippen molar-refractivity contribution >= 4 is 35.8 Å². The van der Waals surface area contributed by atoms with Crippen molar-refractivity contribution in [3.8, 4) is 35.2 Å². The van der Waals surface area contributed by atoms with E-state index in [1.54, 1.807) is 58.9 Å². The van der Waals surface area contributed by atoms with Gasteiger partial charge in [0.2, 0.25) is 0 Å². The average Bonchev–Trinajstić information content (AvgIpc) is 1.53. The highest BCUT2D eigenvalue weighted by Crippen LogP contribution is 2.27. The molecule has 0 unspecified atom stereocenters. The summed E-state index contributed by atoms with van der Waals surface area (Å²) in [6, 6.07) is 22.6. The molecule has 0 aliphatic heterocycles. The minimum absolute atomic E-state index is 0.0455. The molecule has 42 nitrogen and oxygen atoms in total. The molecule has 6 heterocycles. The van der Waals surface area contributed by atoms with Gasteiger partial charge in [0.25, 0.3) is 0 Å². The molecule has 0 aliphatic carbocycles. The third-order valence-electron chi connectivity index (χ3n) is 18.9. The average molecular weight is 1750 g/mol. The highest BCUT2D eigenvalue weighted by atomic mass is 16.5. The van der Waals surface area contributed by atoms with E-state index in [0.29, 0.717) is 149 Å². The van der Waals surface area contributed by atoms with E-state index in [0.717, 1.165) is 47.9 Å². The van der Waals surface area contributed by atoms with Crippen LogP contribution in [0.1, 0.15) is 159 Å². The van der Waals surface area contributed by atoms with Crippen molar-refractivity contribution in [2.45, 2.75) is 195 Å². The SMILES string of the molecule is NC(N)=NCCCCn1cc(COCC(COCc2ccc(C#CCOc3cccc(OCC#Cc4ccc(COCC(COCc5cn(CCCCN=C(N)N)nn5)(COCc5cn(CCCCC(=O)O)nn5)COCc5cn(CCCCC(=O)O)nn5)cc4)c3)cc2)(COCc2cn(CCCCC(=O)O)nn2)COCc2cn(CCCCC(=O)O)nn2)nn1. The number of rotatable bonds is 66. The van der Waals surface area contributed by atoms with Gasteiger partial charge in [-0.15, -0.1) is 30.6 Å². The van der Waals surface area contributed by atoms with Gasteiger partial charge in [0, 0.05) is 95.2 Å². The fourth-order valence-electron chi connectivity index (χ4n) is 12.5. The van der Waals surface area contributed by atoms with Gasteiger partial charge >= 0.3 is 23.9 Å². The number of aryl methyl sites for hydroxylation is 6. The van der Waals surface area contributed by atoms with Crippen LogP contribution in [-0.2, 0) is 149 Å². The summed E-state index contributed by atoms with van der Waals surface area (Å²) >= 11 is 0. The number of nitrogens with zero attached hydrogens (tertiary/aromatic N) is 20. The number of nitrogens with two attached hydrogens (primary N) is 4. The molecule has 0 fully saturated rings. The highest BCUT2D eigenvalue weighted by molar-refractivity contribution is 5.76. The molecular weight excluding hydrogens is 1630 g/mol. The molecule has 0 spiro atoms. The van der Waals surface area contributed by atoms with E-state index >= 15 is 0 Å². The lowest BCUT2D eigenvalue weighted by Crippen LogP contribution is -2.41. The summed E-state index contributed by atoms with van der Waals surface area (Å²) < 4.78 is 73.7. The number of ether oxygens (including phenoxy) is 10. The molecule has 0 radical (unpaired) electrons. The van der Waals surface area contributed by atoms with Gasteiger partial charge in [-0.25, -0.2) is 0 Å². The summed E-state index contributed by atoms with van der Waals surface area (Å²) in [4.78, 5) is 52.5. The Balaban J connectivity index is 0.779. The van der Waals surface area contributed by atoms with Crippen LogP contribution in [0.2, 0.25) is 0 Å². The molecule has 678 valence electrons. The minimum Gasteiger partial charge on any atom is -0.481 e. The quantitative estimate of drug-likeness (QED) is 0.0100. The number of aliphatic imine (C=N–C) groups is 2. The first-order valence-corrected chi connectivity index (χ1v) is 41.7. The second-order valence-corrected chi connectivity index (χ2v) is 30.3. The molecule has 0 aliphatic rings. The molecule has 126 heavy (non-hydrogen) atoms. The van der Waals surface area contributed by atoms with E-state index < -0.39 is 34.7 Å². The third kappa shape index (κ3) is 39.4. The van der Waals surface area contributed by atoms with Crippen molar-refractivity contribution in [1.29, 1.82) is 0 Å². The van der Waals surface area contributed by atoms with E-state index in [9.17, 15) is 19.2 Å². The highest BCUT2D eigenvalue weighted by Gasteiger charge is 2.35. The van der Waals surface area contributed by atoms with Crippen LogP contribution in [-0.4, -0.2) is 225 Å². The maximum atomic E-state index is 11.1. The summed E-state index contributed by atoms with van der Waals surface area (Å²) in [5.74, 6) is 10.3. The van der Waals surface area contributed by atoms with Gasteiger partial charge < -0.3 is 90.7 Å². The van der Waals surface area contributed by atoms with Crippen molar-refractivity contribution in [2.24, 2.45) is 43.7 Å². The number of carboxylic acid groups (broad SMARTS) is 4. The maximum Gasteiger partial charge on any atom is 0.303 e. The van der Waals surface area contributed by atoms with Crippen LogP contribution in [0.4, 0.5) is 0 Å². The lowest BCUT2D eigenvalue weighted by atomic mass is 9.92. The summed E-state index contributed by atoms with van der Waals surface area (Å²) in [5, 5.41) is 87.7. The number of hydrogen-bond donors (Lipinski definition) is 8. The van der Waals surface area contributed by atoms with Crippen LogP contribution in [0.3, 0.4) is 0 Å². The summed E-state index contributed by atoms with van der Waals surface area (Å²) in [6.07, 6.45) is 18.5. The molecule has 0 saturated carbocycles. The first-order chi connectivity index (χ1) is 61.3. The Bertz CT molecular complexity index is 4470. The van der Waals surface area contributed by atoms with E-state index in [2.05, 4.69) is 95.5 Å². The Kier molecular flexibility index (Phi) is 42.3. The van der Waals surface area contributed by atoms with Crippen LogP contribution in [0.15, 0.2) is 120 Å². The maximum absolute atomic E-state index is 11.1. The van der Waals surface area contributed by atoms with Crippen molar-refractivity contribution in [3.63, 3.8) is 0 Å². The molecule has 6 aromatic heterocycles. The number of carboxylic acids is 4. The molecular formula is C84H114N24O18. The van der Waals surface area contributed by atoms with Crippen molar-refractivity contribution in [1.82, 2.24) is 90.0 Å². The number of aromatic nitrogens is 18. The Morgan fingerprint density at radius 2 is 0.579 bits per heavy atom. The van der Waals surface area contributed by atoms with Gasteiger partial charge in [-0.1, -0.05) is 85.3 Å². The predicted octanol–water partition coefficient (Wildman–Crippen LogP) is 5.53. The smallest absolute Gasteiger partial charge is 0.303 e. The van der Waals surface area contributed by atoms with Crippen LogP contribution >= 0.6 is 0 Å². The Morgan fingerprint density at radius 1 is 0.333 bits per heavy atom. The van der Waals surface area contributed by atoms with Crippen molar-refractivity contribution < 1.29 is 87.0 Å². The zero-order valence-electron chi connectivity index (χ0n) is 70.8.